The molecule has 3 aromatic heterocycles. The van der Waals surface area contributed by atoms with Gasteiger partial charge in [-0.2, -0.15) is 0 Å². The molecule has 120 valence electrons. The number of aromatic nitrogens is 2. The topological polar surface area (TPSA) is 29.9 Å². The maximum Gasteiger partial charge on any atom is 0.227 e. The van der Waals surface area contributed by atoms with E-state index >= 15 is 0 Å². The van der Waals surface area contributed by atoms with Gasteiger partial charge < -0.3 is 4.42 Å². The van der Waals surface area contributed by atoms with E-state index in [9.17, 15) is 0 Å². The molecule has 24 heavy (non-hydrogen) atoms. The Kier molecular flexibility index (Phi) is 2.06. The Labute approximate surface area is 150 Å². The van der Waals surface area contributed by atoms with Crippen LogP contribution in [0, 0.1) is 27.6 Å². The normalized spacial score (nSPS) is 16.3. The molecule has 0 radical (unpaired) electrons. The van der Waals surface area contributed by atoms with Crippen molar-refractivity contribution in [2.45, 2.75) is 27.6 Å². The van der Waals surface area contributed by atoms with Crippen molar-refractivity contribution < 1.29 is 17.2 Å². The number of aryl methyl sites for hydroxylation is 5. The summed E-state index contributed by atoms with van der Waals surface area (Å²) in [4.78, 5) is 4.47. The summed E-state index contributed by atoms with van der Waals surface area (Å²) in [5, 5.41) is 1.74. The molecule has 4 rings (SSSR count). The van der Waals surface area contributed by atoms with E-state index in [1.165, 1.54) is 12.3 Å². The molecule has 0 amide bonds. The molecular weight excluding hydrogens is 296 g/mol. The van der Waals surface area contributed by atoms with Gasteiger partial charge in [0.05, 0.1) is 5.56 Å². The quantitative estimate of drug-likeness (QED) is 0.475. The lowest BCUT2D eigenvalue weighted by atomic mass is 9.99. The first kappa shape index (κ1) is 9.58. The highest BCUT2D eigenvalue weighted by atomic mass is 16.3. The number of pyridine rings is 2. The molecule has 0 saturated heterocycles. The summed E-state index contributed by atoms with van der Waals surface area (Å²) in [5.74, 6) is 0. The SMILES string of the molecule is [2H]C([2H])([2H])c1cc(-c2c(C)ccc3c2oc2nc(C)ccc23)[n+](C)cc1C([2H])([2H])[2H]. The fourth-order valence-corrected chi connectivity index (χ4v) is 3.13. The first-order chi connectivity index (χ1) is 13.9. The summed E-state index contributed by atoms with van der Waals surface area (Å²) in [6, 6.07) is 9.21. The van der Waals surface area contributed by atoms with Gasteiger partial charge in [0.2, 0.25) is 11.4 Å². The summed E-state index contributed by atoms with van der Waals surface area (Å²) in [7, 11) is 1.71. The predicted octanol–water partition coefficient (Wildman–Crippen LogP) is 4.71. The fourth-order valence-electron chi connectivity index (χ4n) is 3.13. The van der Waals surface area contributed by atoms with Gasteiger partial charge >= 0.3 is 0 Å². The molecular formula is C21H21N2O+. The van der Waals surface area contributed by atoms with Gasteiger partial charge in [-0.1, -0.05) is 12.1 Å². The minimum atomic E-state index is -2.57. The van der Waals surface area contributed by atoms with E-state index in [-0.39, 0.29) is 11.1 Å². The molecule has 0 saturated carbocycles. The van der Waals surface area contributed by atoms with Crippen LogP contribution in [-0.4, -0.2) is 4.98 Å². The van der Waals surface area contributed by atoms with E-state index in [0.717, 1.165) is 22.0 Å². The van der Waals surface area contributed by atoms with E-state index in [2.05, 4.69) is 4.98 Å². The predicted molar refractivity (Wildman–Crippen MR) is 97.1 cm³/mol. The van der Waals surface area contributed by atoms with Crippen molar-refractivity contribution in [3.8, 4) is 11.3 Å². The number of furan rings is 1. The minimum Gasteiger partial charge on any atom is -0.437 e. The second kappa shape index (κ2) is 5.17. The Morgan fingerprint density at radius 3 is 2.58 bits per heavy atom. The molecule has 0 bridgehead atoms. The van der Waals surface area contributed by atoms with Crippen LogP contribution in [0.5, 0.6) is 0 Å². The lowest BCUT2D eigenvalue weighted by Crippen LogP contribution is -2.31. The monoisotopic (exact) mass is 323 g/mol. The van der Waals surface area contributed by atoms with E-state index in [1.807, 2.05) is 38.1 Å². The van der Waals surface area contributed by atoms with E-state index in [0.29, 0.717) is 22.6 Å². The Morgan fingerprint density at radius 2 is 1.79 bits per heavy atom. The van der Waals surface area contributed by atoms with Gasteiger partial charge in [0, 0.05) is 36.3 Å². The number of hydrogen-bond acceptors (Lipinski definition) is 2. The summed E-state index contributed by atoms with van der Waals surface area (Å²) in [5.41, 5.74) is 3.73. The number of benzene rings is 1. The molecule has 0 aliphatic carbocycles. The first-order valence-corrected chi connectivity index (χ1v) is 7.72. The van der Waals surface area contributed by atoms with Crippen LogP contribution in [-0.2, 0) is 7.05 Å². The van der Waals surface area contributed by atoms with Gasteiger partial charge in [0.15, 0.2) is 11.8 Å². The molecule has 0 N–H and O–H groups in total. The Morgan fingerprint density at radius 1 is 1.00 bits per heavy atom. The van der Waals surface area contributed by atoms with Crippen molar-refractivity contribution in [2.24, 2.45) is 7.05 Å². The van der Waals surface area contributed by atoms with Crippen molar-refractivity contribution in [1.29, 1.82) is 0 Å². The first-order valence-electron chi connectivity index (χ1n) is 10.7. The zero-order chi connectivity index (χ0) is 22.0. The number of nitrogens with zero attached hydrogens (tertiary/aromatic N) is 2. The molecule has 4 aromatic rings. The molecule has 3 heteroatoms. The number of rotatable bonds is 1. The zero-order valence-electron chi connectivity index (χ0n) is 19.8. The average molecular weight is 323 g/mol. The molecule has 0 aliphatic heterocycles. The molecule has 1 aromatic carbocycles. The highest BCUT2D eigenvalue weighted by Crippen LogP contribution is 2.36. The lowest BCUT2D eigenvalue weighted by Gasteiger charge is -2.07. The summed E-state index contributed by atoms with van der Waals surface area (Å²) < 4.78 is 54.7. The van der Waals surface area contributed by atoms with Crippen LogP contribution in [0.2, 0.25) is 0 Å². The summed E-state index contributed by atoms with van der Waals surface area (Å²) in [6.07, 6.45) is 1.38. The Balaban J connectivity index is 2.10. The van der Waals surface area contributed by atoms with E-state index in [4.69, 9.17) is 12.6 Å². The number of fused-ring (bicyclic) bond motifs is 3. The third-order valence-electron chi connectivity index (χ3n) is 4.38. The van der Waals surface area contributed by atoms with Crippen molar-refractivity contribution >= 4 is 22.1 Å². The zero-order valence-corrected chi connectivity index (χ0v) is 13.8. The van der Waals surface area contributed by atoms with E-state index in [1.54, 1.807) is 11.6 Å². The second-order valence-corrected chi connectivity index (χ2v) is 6.14. The second-order valence-electron chi connectivity index (χ2n) is 6.14. The molecule has 3 heterocycles. The maximum atomic E-state index is 7.89. The van der Waals surface area contributed by atoms with Gasteiger partial charge in [0.1, 0.15) is 7.05 Å². The molecule has 0 spiro atoms. The average Bonchev–Trinajstić information content (AvgIpc) is 2.97. The van der Waals surface area contributed by atoms with Gasteiger partial charge in [-0.25, -0.2) is 9.55 Å². The van der Waals surface area contributed by atoms with Crippen LogP contribution in [0.15, 0.2) is 40.9 Å². The molecule has 0 atom stereocenters. The molecule has 0 fully saturated rings. The van der Waals surface area contributed by atoms with Crippen molar-refractivity contribution in [3.63, 3.8) is 0 Å². The summed E-state index contributed by atoms with van der Waals surface area (Å²) >= 11 is 0. The summed E-state index contributed by atoms with van der Waals surface area (Å²) in [6.45, 7) is -1.31. The molecule has 0 unspecified atom stereocenters. The van der Waals surface area contributed by atoms with Crippen LogP contribution in [0.4, 0.5) is 0 Å². The highest BCUT2D eigenvalue weighted by Gasteiger charge is 2.21. The van der Waals surface area contributed by atoms with Crippen LogP contribution >= 0.6 is 0 Å². The van der Waals surface area contributed by atoms with Gasteiger partial charge in [-0.3, -0.25) is 0 Å². The standard InChI is InChI=1S/C21H21N2O/c1-12-6-8-16-17-9-7-15(4)22-21(17)24-20(16)19(12)18-10-13(2)14(3)11-23(18)5/h6-11H,1-5H3/q+1/i2D3,3D3. The van der Waals surface area contributed by atoms with Crippen molar-refractivity contribution in [2.75, 3.05) is 0 Å². The number of hydrogen-bond donors (Lipinski definition) is 0. The largest absolute Gasteiger partial charge is 0.437 e. The van der Waals surface area contributed by atoms with Gasteiger partial charge in [-0.05, 0) is 50.8 Å². The van der Waals surface area contributed by atoms with Crippen LogP contribution < -0.4 is 4.57 Å². The van der Waals surface area contributed by atoms with Crippen molar-refractivity contribution in [3.05, 3.63) is 58.9 Å². The highest BCUT2D eigenvalue weighted by molar-refractivity contribution is 6.08. The third-order valence-corrected chi connectivity index (χ3v) is 4.38. The maximum absolute atomic E-state index is 7.89. The van der Waals surface area contributed by atoms with Crippen LogP contribution in [0.25, 0.3) is 33.3 Å². The van der Waals surface area contributed by atoms with E-state index < -0.39 is 13.7 Å². The molecule has 3 nitrogen and oxygen atoms in total. The van der Waals surface area contributed by atoms with Gasteiger partial charge in [-0.15, -0.1) is 0 Å². The smallest absolute Gasteiger partial charge is 0.227 e. The lowest BCUT2D eigenvalue weighted by molar-refractivity contribution is -0.660. The van der Waals surface area contributed by atoms with Crippen molar-refractivity contribution in [1.82, 2.24) is 4.98 Å². The fraction of sp³-hybridized carbons (Fsp3) is 0.238. The van der Waals surface area contributed by atoms with Gasteiger partial charge in [0.25, 0.3) is 0 Å². The third kappa shape index (κ3) is 2.12. The van der Waals surface area contributed by atoms with Crippen LogP contribution in [0.1, 0.15) is 30.6 Å². The van der Waals surface area contributed by atoms with Crippen LogP contribution in [0.3, 0.4) is 0 Å². The Bertz CT molecular complexity index is 1300. The minimum absolute atomic E-state index is 0.180. The molecule has 0 aliphatic rings. The Hall–Kier alpha value is -2.68.